The van der Waals surface area contributed by atoms with Crippen LogP contribution >= 0.6 is 0 Å². The molecule has 0 aromatic heterocycles. The van der Waals surface area contributed by atoms with E-state index in [0.717, 1.165) is 26.2 Å². The van der Waals surface area contributed by atoms with Crippen molar-refractivity contribution in [1.29, 1.82) is 0 Å². The van der Waals surface area contributed by atoms with Crippen molar-refractivity contribution in [2.45, 2.75) is 57.5 Å². The van der Waals surface area contributed by atoms with Crippen LogP contribution in [0, 0.1) is 0 Å². The Balaban J connectivity index is 1.75. The Morgan fingerprint density at radius 1 is 1.19 bits per heavy atom. The molecule has 0 spiro atoms. The average molecular weight is 297 g/mol. The topological polar surface area (TPSA) is 72.9 Å². The third-order valence-corrected chi connectivity index (χ3v) is 4.68. The summed E-state index contributed by atoms with van der Waals surface area (Å²) in [6.07, 6.45) is 5.88. The molecule has 6 heteroatoms. The van der Waals surface area contributed by atoms with Crippen molar-refractivity contribution in [2.75, 3.05) is 26.2 Å². The summed E-state index contributed by atoms with van der Waals surface area (Å²) in [7, 11) is 0. The van der Waals surface area contributed by atoms with E-state index in [9.17, 15) is 9.59 Å². The van der Waals surface area contributed by atoms with E-state index in [1.807, 2.05) is 11.8 Å². The number of hydrogen-bond acceptors (Lipinski definition) is 3. The average Bonchev–Trinajstić information content (AvgIpc) is 3.00. The number of carbonyl (C=O) groups is 2. The van der Waals surface area contributed by atoms with Crippen LogP contribution in [0.25, 0.3) is 0 Å². The third-order valence-electron chi connectivity index (χ3n) is 4.68. The molecule has 0 bridgehead atoms. The molecule has 2 fully saturated rings. The Hall–Kier alpha value is -1.30. The molecular weight excluding hydrogens is 270 g/mol. The van der Waals surface area contributed by atoms with E-state index in [1.165, 1.54) is 25.7 Å². The van der Waals surface area contributed by atoms with Crippen LogP contribution in [0.1, 0.15) is 45.4 Å². The van der Waals surface area contributed by atoms with E-state index in [4.69, 9.17) is 5.11 Å². The fourth-order valence-corrected chi connectivity index (χ4v) is 3.33. The van der Waals surface area contributed by atoms with Crippen molar-refractivity contribution in [1.82, 2.24) is 15.1 Å². The van der Waals surface area contributed by atoms with Crippen LogP contribution < -0.4 is 5.32 Å². The summed E-state index contributed by atoms with van der Waals surface area (Å²) in [6, 6.07) is 0.322. The third kappa shape index (κ3) is 4.59. The smallest absolute Gasteiger partial charge is 0.317 e. The van der Waals surface area contributed by atoms with E-state index in [1.54, 1.807) is 0 Å². The molecule has 2 aliphatic rings. The van der Waals surface area contributed by atoms with Gasteiger partial charge in [-0.05, 0) is 19.3 Å². The lowest BCUT2D eigenvalue weighted by atomic mass is 10.1. The fraction of sp³-hybridized carbons (Fsp3) is 0.867. The van der Waals surface area contributed by atoms with Gasteiger partial charge >= 0.3 is 12.0 Å². The van der Waals surface area contributed by atoms with Gasteiger partial charge in [0, 0.05) is 38.3 Å². The molecule has 2 N–H and O–H groups in total. The SMILES string of the molecule is CCC(CC(=O)O)NC(=O)N1CCN(C2CCCC2)CC1. The van der Waals surface area contributed by atoms with Gasteiger partial charge in [-0.2, -0.15) is 0 Å². The van der Waals surface area contributed by atoms with Crippen LogP contribution in [0.5, 0.6) is 0 Å². The summed E-state index contributed by atoms with van der Waals surface area (Å²) >= 11 is 0. The summed E-state index contributed by atoms with van der Waals surface area (Å²) < 4.78 is 0. The van der Waals surface area contributed by atoms with Gasteiger partial charge in [0.15, 0.2) is 0 Å². The first-order valence-corrected chi connectivity index (χ1v) is 8.11. The van der Waals surface area contributed by atoms with Crippen molar-refractivity contribution in [3.63, 3.8) is 0 Å². The van der Waals surface area contributed by atoms with Crippen LogP contribution in [0.2, 0.25) is 0 Å². The maximum Gasteiger partial charge on any atom is 0.317 e. The van der Waals surface area contributed by atoms with Crippen LogP contribution in [0.4, 0.5) is 4.79 Å². The molecule has 1 atom stereocenters. The Morgan fingerprint density at radius 3 is 2.33 bits per heavy atom. The quantitative estimate of drug-likeness (QED) is 0.807. The maximum absolute atomic E-state index is 12.2. The number of carboxylic acids is 1. The Bertz CT molecular complexity index is 361. The molecule has 120 valence electrons. The Morgan fingerprint density at radius 2 is 1.81 bits per heavy atom. The molecule has 0 aromatic carbocycles. The number of amides is 2. The summed E-state index contributed by atoms with van der Waals surface area (Å²) in [5.74, 6) is -0.867. The Kier molecular flexibility index (Phi) is 5.85. The highest BCUT2D eigenvalue weighted by atomic mass is 16.4. The molecule has 2 rings (SSSR count). The largest absolute Gasteiger partial charge is 0.481 e. The predicted octanol–water partition coefficient (Wildman–Crippen LogP) is 1.51. The molecule has 21 heavy (non-hydrogen) atoms. The van der Waals surface area contributed by atoms with Crippen molar-refractivity contribution in [2.24, 2.45) is 0 Å². The van der Waals surface area contributed by atoms with E-state index < -0.39 is 5.97 Å². The minimum Gasteiger partial charge on any atom is -0.481 e. The number of piperazine rings is 1. The van der Waals surface area contributed by atoms with E-state index in [-0.39, 0.29) is 18.5 Å². The second-order valence-electron chi connectivity index (χ2n) is 6.11. The monoisotopic (exact) mass is 297 g/mol. The van der Waals surface area contributed by atoms with Gasteiger partial charge in [-0.3, -0.25) is 9.69 Å². The minimum atomic E-state index is -0.867. The first kappa shape index (κ1) is 16.1. The molecular formula is C15H27N3O3. The summed E-state index contributed by atoms with van der Waals surface area (Å²) in [4.78, 5) is 27.2. The standard InChI is InChI=1S/C15H27N3O3/c1-2-12(11-14(19)20)16-15(21)18-9-7-17(8-10-18)13-5-3-4-6-13/h12-13H,2-11H2,1H3,(H,16,21)(H,19,20). The number of aliphatic carboxylic acids is 1. The molecule has 6 nitrogen and oxygen atoms in total. The van der Waals surface area contributed by atoms with Gasteiger partial charge in [0.05, 0.1) is 6.42 Å². The lowest BCUT2D eigenvalue weighted by Crippen LogP contribution is -2.55. The highest BCUT2D eigenvalue weighted by molar-refractivity contribution is 5.76. The van der Waals surface area contributed by atoms with Crippen LogP contribution in [-0.4, -0.2) is 65.2 Å². The van der Waals surface area contributed by atoms with Gasteiger partial charge in [0.25, 0.3) is 0 Å². The van der Waals surface area contributed by atoms with Crippen LogP contribution in [0.15, 0.2) is 0 Å². The molecule has 1 saturated carbocycles. The minimum absolute atomic E-state index is 0.00964. The molecule has 1 unspecified atom stereocenters. The number of carbonyl (C=O) groups excluding carboxylic acids is 1. The molecule has 0 aromatic rings. The first-order valence-electron chi connectivity index (χ1n) is 8.11. The lowest BCUT2D eigenvalue weighted by Gasteiger charge is -2.38. The summed E-state index contributed by atoms with van der Waals surface area (Å²) in [5, 5.41) is 11.7. The zero-order valence-electron chi connectivity index (χ0n) is 12.9. The van der Waals surface area contributed by atoms with E-state index >= 15 is 0 Å². The van der Waals surface area contributed by atoms with Crippen molar-refractivity contribution >= 4 is 12.0 Å². The van der Waals surface area contributed by atoms with E-state index in [0.29, 0.717) is 12.5 Å². The maximum atomic E-state index is 12.2. The van der Waals surface area contributed by atoms with Gasteiger partial charge in [0.2, 0.25) is 0 Å². The van der Waals surface area contributed by atoms with Gasteiger partial charge in [0.1, 0.15) is 0 Å². The van der Waals surface area contributed by atoms with Gasteiger partial charge in [-0.1, -0.05) is 19.8 Å². The van der Waals surface area contributed by atoms with Gasteiger partial charge in [-0.25, -0.2) is 4.79 Å². The summed E-state index contributed by atoms with van der Waals surface area (Å²) in [6.45, 7) is 5.26. The summed E-state index contributed by atoms with van der Waals surface area (Å²) in [5.41, 5.74) is 0. The highest BCUT2D eigenvalue weighted by Gasteiger charge is 2.28. The zero-order chi connectivity index (χ0) is 15.2. The van der Waals surface area contributed by atoms with Crippen molar-refractivity contribution < 1.29 is 14.7 Å². The lowest BCUT2D eigenvalue weighted by molar-refractivity contribution is -0.137. The number of carboxylic acid groups (broad SMARTS) is 1. The van der Waals surface area contributed by atoms with Gasteiger partial charge in [-0.15, -0.1) is 0 Å². The van der Waals surface area contributed by atoms with Crippen LogP contribution in [0.3, 0.4) is 0 Å². The number of nitrogens with one attached hydrogen (secondary N) is 1. The number of rotatable bonds is 5. The fourth-order valence-electron chi connectivity index (χ4n) is 3.33. The molecule has 0 radical (unpaired) electrons. The molecule has 2 amide bonds. The van der Waals surface area contributed by atoms with Crippen LogP contribution in [-0.2, 0) is 4.79 Å². The van der Waals surface area contributed by atoms with Crippen molar-refractivity contribution in [3.05, 3.63) is 0 Å². The number of nitrogens with zero attached hydrogens (tertiary/aromatic N) is 2. The number of urea groups is 1. The van der Waals surface area contributed by atoms with Gasteiger partial charge < -0.3 is 15.3 Å². The second-order valence-corrected chi connectivity index (χ2v) is 6.11. The molecule has 1 aliphatic heterocycles. The highest BCUT2D eigenvalue weighted by Crippen LogP contribution is 2.24. The molecule has 1 heterocycles. The Labute approximate surface area is 126 Å². The second kappa shape index (κ2) is 7.64. The number of hydrogen-bond donors (Lipinski definition) is 2. The molecule has 1 saturated heterocycles. The molecule has 1 aliphatic carbocycles. The predicted molar refractivity (Wildman–Crippen MR) is 80.3 cm³/mol. The van der Waals surface area contributed by atoms with Crippen molar-refractivity contribution in [3.8, 4) is 0 Å². The first-order chi connectivity index (χ1) is 10.1. The normalized spacial score (nSPS) is 22.2. The van der Waals surface area contributed by atoms with E-state index in [2.05, 4.69) is 10.2 Å². The zero-order valence-corrected chi connectivity index (χ0v) is 12.9.